The van der Waals surface area contributed by atoms with E-state index in [1.807, 2.05) is 20.8 Å². The van der Waals surface area contributed by atoms with E-state index in [-0.39, 0.29) is 12.1 Å². The Hall–Kier alpha value is -0.770. The Bertz CT molecular complexity index is 182. The van der Waals surface area contributed by atoms with Gasteiger partial charge in [-0.25, -0.2) is 4.79 Å². The zero-order chi connectivity index (χ0) is 11.9. The lowest BCUT2D eigenvalue weighted by molar-refractivity contribution is 0.0500. The first-order valence-electron chi connectivity index (χ1n) is 5.58. The largest absolute Gasteiger partial charge is 0.444 e. The van der Waals surface area contributed by atoms with E-state index in [2.05, 4.69) is 12.2 Å². The molecule has 0 unspecified atom stereocenters. The van der Waals surface area contributed by atoms with Crippen molar-refractivity contribution in [3.8, 4) is 0 Å². The molecule has 0 aliphatic heterocycles. The number of hydrogen-bond acceptors (Lipinski definition) is 3. The SMILES string of the molecule is CCC[C@@H](CCN)NC(=O)OC(C)(C)C. The van der Waals surface area contributed by atoms with E-state index in [1.165, 1.54) is 0 Å². The van der Waals surface area contributed by atoms with Crippen LogP contribution in [-0.4, -0.2) is 24.3 Å². The third kappa shape index (κ3) is 8.24. The van der Waals surface area contributed by atoms with Crippen molar-refractivity contribution in [3.05, 3.63) is 0 Å². The molecule has 1 amide bonds. The second-order valence-corrected chi connectivity index (χ2v) is 4.71. The molecule has 1 atom stereocenters. The number of hydrogen-bond donors (Lipinski definition) is 2. The topological polar surface area (TPSA) is 64.3 Å². The van der Waals surface area contributed by atoms with Crippen molar-refractivity contribution in [2.75, 3.05) is 6.54 Å². The highest BCUT2D eigenvalue weighted by Crippen LogP contribution is 2.08. The number of ether oxygens (including phenoxy) is 1. The van der Waals surface area contributed by atoms with Crippen LogP contribution in [0.2, 0.25) is 0 Å². The molecule has 0 aromatic carbocycles. The maximum atomic E-state index is 11.4. The minimum Gasteiger partial charge on any atom is -0.444 e. The van der Waals surface area contributed by atoms with Crippen LogP contribution in [0.15, 0.2) is 0 Å². The summed E-state index contributed by atoms with van der Waals surface area (Å²) in [6.45, 7) is 8.22. The number of carbonyl (C=O) groups is 1. The Morgan fingerprint density at radius 2 is 2.00 bits per heavy atom. The fraction of sp³-hybridized carbons (Fsp3) is 0.909. The molecule has 4 heteroatoms. The summed E-state index contributed by atoms with van der Waals surface area (Å²) in [6, 6.07) is 0.134. The zero-order valence-electron chi connectivity index (χ0n) is 10.3. The minimum atomic E-state index is -0.441. The van der Waals surface area contributed by atoms with Gasteiger partial charge in [0.2, 0.25) is 0 Å². The van der Waals surface area contributed by atoms with E-state index < -0.39 is 5.60 Å². The van der Waals surface area contributed by atoms with Gasteiger partial charge in [-0.2, -0.15) is 0 Å². The number of alkyl carbamates (subject to hydrolysis) is 1. The van der Waals surface area contributed by atoms with E-state index in [9.17, 15) is 4.79 Å². The van der Waals surface area contributed by atoms with Crippen LogP contribution >= 0.6 is 0 Å². The standard InChI is InChI=1S/C11H24N2O2/c1-5-6-9(7-8-12)13-10(14)15-11(2,3)4/h9H,5-8,12H2,1-4H3,(H,13,14)/t9-/m0/s1. The molecule has 0 rings (SSSR count). The summed E-state index contributed by atoms with van der Waals surface area (Å²) >= 11 is 0. The molecular weight excluding hydrogens is 192 g/mol. The summed E-state index contributed by atoms with van der Waals surface area (Å²) in [4.78, 5) is 11.4. The average molecular weight is 216 g/mol. The summed E-state index contributed by atoms with van der Waals surface area (Å²) < 4.78 is 5.17. The molecule has 0 spiro atoms. The molecule has 15 heavy (non-hydrogen) atoms. The lowest BCUT2D eigenvalue weighted by atomic mass is 10.1. The summed E-state index contributed by atoms with van der Waals surface area (Å²) in [5.41, 5.74) is 5.03. The van der Waals surface area contributed by atoms with Crippen LogP contribution < -0.4 is 11.1 Å². The fourth-order valence-corrected chi connectivity index (χ4v) is 1.31. The van der Waals surface area contributed by atoms with Gasteiger partial charge in [0.1, 0.15) is 5.60 Å². The monoisotopic (exact) mass is 216 g/mol. The highest BCUT2D eigenvalue weighted by molar-refractivity contribution is 5.68. The Morgan fingerprint density at radius 1 is 1.40 bits per heavy atom. The number of amides is 1. The van der Waals surface area contributed by atoms with Crippen LogP contribution in [0, 0.1) is 0 Å². The molecule has 0 saturated heterocycles. The molecule has 0 fully saturated rings. The maximum Gasteiger partial charge on any atom is 0.407 e. The van der Waals surface area contributed by atoms with Crippen molar-refractivity contribution in [1.29, 1.82) is 0 Å². The quantitative estimate of drug-likeness (QED) is 0.739. The van der Waals surface area contributed by atoms with Crippen molar-refractivity contribution < 1.29 is 9.53 Å². The van der Waals surface area contributed by atoms with Crippen LogP contribution in [-0.2, 0) is 4.74 Å². The second-order valence-electron chi connectivity index (χ2n) is 4.71. The Morgan fingerprint density at radius 3 is 2.40 bits per heavy atom. The molecule has 0 radical (unpaired) electrons. The maximum absolute atomic E-state index is 11.4. The lowest BCUT2D eigenvalue weighted by Crippen LogP contribution is -2.40. The first-order valence-corrected chi connectivity index (χ1v) is 5.58. The number of nitrogens with two attached hydrogens (primary N) is 1. The van der Waals surface area contributed by atoms with Crippen LogP contribution in [0.25, 0.3) is 0 Å². The van der Waals surface area contributed by atoms with Crippen molar-refractivity contribution in [1.82, 2.24) is 5.32 Å². The van der Waals surface area contributed by atoms with Crippen molar-refractivity contribution >= 4 is 6.09 Å². The molecule has 0 saturated carbocycles. The van der Waals surface area contributed by atoms with Gasteiger partial charge in [0, 0.05) is 6.04 Å². The molecule has 90 valence electrons. The van der Waals surface area contributed by atoms with Gasteiger partial charge in [0.05, 0.1) is 0 Å². The summed E-state index contributed by atoms with van der Waals surface area (Å²) in [6.07, 6.45) is 2.42. The molecular formula is C11H24N2O2. The van der Waals surface area contributed by atoms with E-state index in [1.54, 1.807) is 0 Å². The first-order chi connectivity index (χ1) is 6.89. The Labute approximate surface area is 92.6 Å². The van der Waals surface area contributed by atoms with Gasteiger partial charge in [-0.3, -0.25) is 0 Å². The van der Waals surface area contributed by atoms with E-state index >= 15 is 0 Å². The van der Waals surface area contributed by atoms with Crippen LogP contribution in [0.4, 0.5) is 4.79 Å². The molecule has 4 nitrogen and oxygen atoms in total. The van der Waals surface area contributed by atoms with Crippen LogP contribution in [0.5, 0.6) is 0 Å². The number of rotatable bonds is 5. The zero-order valence-corrected chi connectivity index (χ0v) is 10.3. The number of carbonyl (C=O) groups excluding carboxylic acids is 1. The fourth-order valence-electron chi connectivity index (χ4n) is 1.31. The third-order valence-electron chi connectivity index (χ3n) is 1.87. The van der Waals surface area contributed by atoms with Crippen LogP contribution in [0.3, 0.4) is 0 Å². The first kappa shape index (κ1) is 14.2. The van der Waals surface area contributed by atoms with Gasteiger partial charge >= 0.3 is 6.09 Å². The molecule has 0 aromatic rings. The van der Waals surface area contributed by atoms with E-state index in [4.69, 9.17) is 10.5 Å². The summed E-state index contributed by atoms with van der Waals surface area (Å²) in [5.74, 6) is 0. The molecule has 0 aromatic heterocycles. The number of nitrogens with one attached hydrogen (secondary N) is 1. The van der Waals surface area contributed by atoms with Crippen molar-refractivity contribution in [2.24, 2.45) is 5.73 Å². The molecule has 0 bridgehead atoms. The Balaban J connectivity index is 3.99. The van der Waals surface area contributed by atoms with Crippen LogP contribution in [0.1, 0.15) is 47.0 Å². The van der Waals surface area contributed by atoms with Gasteiger partial charge in [0.15, 0.2) is 0 Å². The van der Waals surface area contributed by atoms with Crippen molar-refractivity contribution in [3.63, 3.8) is 0 Å². The highest BCUT2D eigenvalue weighted by Gasteiger charge is 2.18. The Kier molecular flexibility index (Phi) is 6.32. The van der Waals surface area contributed by atoms with Gasteiger partial charge in [-0.05, 0) is 40.2 Å². The van der Waals surface area contributed by atoms with Gasteiger partial charge in [0.25, 0.3) is 0 Å². The minimum absolute atomic E-state index is 0.134. The predicted octanol–water partition coefficient (Wildman–Crippen LogP) is 2.03. The molecule has 0 heterocycles. The average Bonchev–Trinajstić information content (AvgIpc) is 2.00. The van der Waals surface area contributed by atoms with Gasteiger partial charge in [-0.15, -0.1) is 0 Å². The third-order valence-corrected chi connectivity index (χ3v) is 1.87. The highest BCUT2D eigenvalue weighted by atomic mass is 16.6. The summed E-state index contributed by atoms with van der Waals surface area (Å²) in [5, 5.41) is 2.83. The van der Waals surface area contributed by atoms with Gasteiger partial charge in [-0.1, -0.05) is 13.3 Å². The van der Waals surface area contributed by atoms with E-state index in [0.717, 1.165) is 19.3 Å². The van der Waals surface area contributed by atoms with Crippen molar-refractivity contribution in [2.45, 2.75) is 58.6 Å². The smallest absolute Gasteiger partial charge is 0.407 e. The van der Waals surface area contributed by atoms with E-state index in [0.29, 0.717) is 6.54 Å². The van der Waals surface area contributed by atoms with Gasteiger partial charge < -0.3 is 15.8 Å². The lowest BCUT2D eigenvalue weighted by Gasteiger charge is -2.23. The molecule has 3 N–H and O–H groups in total. The molecule has 0 aliphatic rings. The second kappa shape index (κ2) is 6.67. The molecule has 0 aliphatic carbocycles. The normalized spacial score (nSPS) is 13.4. The summed E-state index contributed by atoms with van der Waals surface area (Å²) in [7, 11) is 0. The predicted molar refractivity (Wildman–Crippen MR) is 61.7 cm³/mol.